The quantitative estimate of drug-likeness (QED) is 0.384. The molecule has 0 spiro atoms. The molecule has 0 aliphatic carbocycles. The van der Waals surface area contributed by atoms with Crippen molar-refractivity contribution in [2.75, 3.05) is 29.8 Å². The highest BCUT2D eigenvalue weighted by Crippen LogP contribution is 2.32. The van der Waals surface area contributed by atoms with Crippen molar-refractivity contribution in [1.82, 2.24) is 14.3 Å². The fraction of sp³-hybridized carbons (Fsp3) is 0.318. The molecule has 38 heavy (non-hydrogen) atoms. The molecule has 0 radical (unpaired) electrons. The number of alkyl halides is 3. The van der Waals surface area contributed by atoms with E-state index in [0.29, 0.717) is 5.02 Å². The zero-order valence-electron chi connectivity index (χ0n) is 19.7. The average molecular weight is 612 g/mol. The van der Waals surface area contributed by atoms with Crippen molar-refractivity contribution < 1.29 is 31.5 Å². The van der Waals surface area contributed by atoms with Gasteiger partial charge in [-0.3, -0.25) is 9.62 Å². The van der Waals surface area contributed by atoms with Gasteiger partial charge in [0.2, 0.25) is 5.13 Å². The van der Waals surface area contributed by atoms with Gasteiger partial charge in [0.1, 0.15) is 6.33 Å². The summed E-state index contributed by atoms with van der Waals surface area (Å²) in [6.45, 7) is 2.62. The monoisotopic (exact) mass is 611 g/mol. The van der Waals surface area contributed by atoms with Crippen molar-refractivity contribution in [2.45, 2.75) is 30.1 Å². The summed E-state index contributed by atoms with van der Waals surface area (Å²) in [7, 11) is -1.80. The van der Waals surface area contributed by atoms with Crippen LogP contribution in [0.3, 0.4) is 0 Å². The van der Waals surface area contributed by atoms with Crippen LogP contribution in [0.25, 0.3) is 0 Å². The minimum atomic E-state index is -5.08. The summed E-state index contributed by atoms with van der Waals surface area (Å²) in [4.78, 5) is 17.3. The minimum absolute atomic E-state index is 0.0802. The fourth-order valence-corrected chi connectivity index (χ4v) is 5.93. The van der Waals surface area contributed by atoms with E-state index in [9.17, 15) is 21.6 Å². The summed E-state index contributed by atoms with van der Waals surface area (Å²) in [6.07, 6.45) is -2.81. The van der Waals surface area contributed by atoms with Crippen LogP contribution in [0, 0.1) is 0 Å². The number of nitrogens with one attached hydrogen (secondary N) is 1. The Balaban J connectivity index is 0.000000505. The summed E-state index contributed by atoms with van der Waals surface area (Å²) < 4.78 is 63.1. The van der Waals surface area contributed by atoms with Crippen molar-refractivity contribution >= 4 is 61.5 Å². The van der Waals surface area contributed by atoms with E-state index in [1.54, 1.807) is 12.1 Å². The van der Waals surface area contributed by atoms with Gasteiger partial charge in [-0.2, -0.15) is 17.5 Å². The third kappa shape index (κ3) is 7.93. The highest BCUT2D eigenvalue weighted by atomic mass is 35.5. The highest BCUT2D eigenvalue weighted by Gasteiger charge is 2.38. The Morgan fingerprint density at radius 3 is 2.50 bits per heavy atom. The molecule has 0 amide bonds. The zero-order valence-corrected chi connectivity index (χ0v) is 22.8. The van der Waals surface area contributed by atoms with Crippen LogP contribution >= 0.6 is 34.7 Å². The number of carboxylic acid groups (broad SMARTS) is 1. The Morgan fingerprint density at radius 1 is 1.24 bits per heavy atom. The lowest BCUT2D eigenvalue weighted by Gasteiger charge is -2.28. The predicted molar refractivity (Wildman–Crippen MR) is 139 cm³/mol. The summed E-state index contributed by atoms with van der Waals surface area (Å²) in [5.41, 5.74) is 1.91. The number of carboxylic acids is 1. The number of carbonyl (C=O) groups is 1. The molecule has 1 fully saturated rings. The number of halogens is 5. The number of hydrogen-bond donors (Lipinski definition) is 2. The molecule has 2 heterocycles. The predicted octanol–water partition coefficient (Wildman–Crippen LogP) is 4.99. The van der Waals surface area contributed by atoms with E-state index in [1.165, 1.54) is 12.4 Å². The lowest BCUT2D eigenvalue weighted by atomic mass is 10.2. The van der Waals surface area contributed by atoms with Gasteiger partial charge in [-0.1, -0.05) is 41.4 Å². The van der Waals surface area contributed by atoms with Crippen LogP contribution in [0.2, 0.25) is 10.0 Å². The number of likely N-dealkylation sites (tertiary alicyclic amines) is 1. The number of nitrogens with zero attached hydrogens (tertiary/aromatic N) is 4. The second-order valence-corrected chi connectivity index (χ2v) is 11.4. The van der Waals surface area contributed by atoms with Crippen LogP contribution < -0.4 is 9.62 Å². The van der Waals surface area contributed by atoms with Crippen LogP contribution in [0.5, 0.6) is 0 Å². The Labute approximate surface area is 231 Å². The molecule has 206 valence electrons. The standard InChI is InChI=1S/C20H21Cl2N5O2S2.C2HF3O2/c1-26(15-8-9-27(12-15)11-14-4-2-3-5-17(14)21)19-7-6-16(10-18(19)22)31(28,29)25-20-23-13-24-30-20;3-2(4,5)1(6)7/h2-7,10,13,15H,8-9,11-12H2,1H3,(H,23,24,25);(H,6,7)/t15-;/m0./s1. The number of anilines is 2. The summed E-state index contributed by atoms with van der Waals surface area (Å²) >= 11 is 13.8. The molecule has 9 nitrogen and oxygen atoms in total. The zero-order chi connectivity index (χ0) is 28.1. The number of rotatable bonds is 7. The Bertz CT molecular complexity index is 1360. The largest absolute Gasteiger partial charge is 0.490 e. The number of hydrogen-bond acceptors (Lipinski definition) is 8. The SMILES string of the molecule is CN(c1ccc(S(=O)(=O)Nc2ncns2)cc1Cl)[C@H]1CCN(Cc2ccccc2Cl)C1.O=C(O)C(F)(F)F. The molecular weight excluding hydrogens is 590 g/mol. The third-order valence-electron chi connectivity index (χ3n) is 5.58. The molecule has 1 aliphatic heterocycles. The number of aromatic nitrogens is 2. The first-order valence-electron chi connectivity index (χ1n) is 10.9. The van der Waals surface area contributed by atoms with Crippen LogP contribution in [0.1, 0.15) is 12.0 Å². The van der Waals surface area contributed by atoms with E-state index in [2.05, 4.69) is 23.9 Å². The second-order valence-electron chi connectivity index (χ2n) is 8.15. The van der Waals surface area contributed by atoms with Crippen molar-refractivity contribution in [3.63, 3.8) is 0 Å². The lowest BCUT2D eigenvalue weighted by molar-refractivity contribution is -0.192. The Hall–Kier alpha value is -2.65. The topological polar surface area (TPSA) is 116 Å². The summed E-state index contributed by atoms with van der Waals surface area (Å²) in [5.74, 6) is -2.76. The van der Waals surface area contributed by atoms with E-state index >= 15 is 0 Å². The molecule has 3 aromatic rings. The van der Waals surface area contributed by atoms with Crippen LogP contribution in [-0.4, -0.2) is 66.1 Å². The third-order valence-corrected chi connectivity index (χ3v) is 8.30. The van der Waals surface area contributed by atoms with Gasteiger partial charge in [0.15, 0.2) is 0 Å². The molecule has 1 aliphatic rings. The van der Waals surface area contributed by atoms with Gasteiger partial charge in [-0.25, -0.2) is 18.2 Å². The molecule has 1 saturated heterocycles. The summed E-state index contributed by atoms with van der Waals surface area (Å²) in [5, 5.41) is 8.50. The Morgan fingerprint density at radius 2 is 1.92 bits per heavy atom. The smallest absolute Gasteiger partial charge is 0.475 e. The summed E-state index contributed by atoms with van der Waals surface area (Å²) in [6, 6.07) is 12.9. The maximum atomic E-state index is 12.6. The van der Waals surface area contributed by atoms with Gasteiger partial charge in [0.05, 0.1) is 15.6 Å². The van der Waals surface area contributed by atoms with Gasteiger partial charge in [0.25, 0.3) is 10.0 Å². The van der Waals surface area contributed by atoms with E-state index in [1.807, 2.05) is 31.3 Å². The molecule has 1 aromatic heterocycles. The molecule has 0 bridgehead atoms. The van der Waals surface area contributed by atoms with Gasteiger partial charge in [-0.05, 0) is 36.2 Å². The van der Waals surface area contributed by atoms with E-state index in [4.69, 9.17) is 33.1 Å². The first-order valence-corrected chi connectivity index (χ1v) is 13.9. The second kappa shape index (κ2) is 12.5. The molecule has 0 unspecified atom stereocenters. The van der Waals surface area contributed by atoms with Crippen molar-refractivity contribution in [1.29, 1.82) is 0 Å². The first kappa shape index (κ1) is 29.9. The maximum Gasteiger partial charge on any atom is 0.490 e. The number of likely N-dealkylation sites (N-methyl/N-ethyl adjacent to an activating group) is 1. The molecule has 0 saturated carbocycles. The van der Waals surface area contributed by atoms with Crippen molar-refractivity contribution in [3.8, 4) is 0 Å². The molecule has 16 heteroatoms. The highest BCUT2D eigenvalue weighted by molar-refractivity contribution is 7.93. The van der Waals surface area contributed by atoms with Crippen LogP contribution in [0.4, 0.5) is 24.0 Å². The maximum absolute atomic E-state index is 12.6. The lowest BCUT2D eigenvalue weighted by Crippen LogP contribution is -2.34. The normalized spacial score (nSPS) is 16.0. The minimum Gasteiger partial charge on any atom is -0.475 e. The van der Waals surface area contributed by atoms with E-state index in [-0.39, 0.29) is 16.1 Å². The number of aliphatic carboxylic acids is 1. The molecule has 4 rings (SSSR count). The number of sulfonamides is 1. The number of benzene rings is 2. The molecule has 2 N–H and O–H groups in total. The first-order chi connectivity index (χ1) is 17.8. The van der Waals surface area contributed by atoms with Gasteiger partial charge >= 0.3 is 12.1 Å². The van der Waals surface area contributed by atoms with Gasteiger partial charge in [0, 0.05) is 49.3 Å². The molecule has 1 atom stereocenters. The van der Waals surface area contributed by atoms with E-state index in [0.717, 1.165) is 53.9 Å². The van der Waals surface area contributed by atoms with Crippen LogP contribution in [-0.2, 0) is 21.4 Å². The van der Waals surface area contributed by atoms with Crippen LogP contribution in [0.15, 0.2) is 53.7 Å². The van der Waals surface area contributed by atoms with Crippen molar-refractivity contribution in [2.24, 2.45) is 0 Å². The van der Waals surface area contributed by atoms with E-state index < -0.39 is 22.2 Å². The van der Waals surface area contributed by atoms with Gasteiger partial charge in [-0.15, -0.1) is 0 Å². The molecule has 2 aromatic carbocycles. The average Bonchev–Trinajstić information content (AvgIpc) is 3.52. The van der Waals surface area contributed by atoms with Gasteiger partial charge < -0.3 is 10.0 Å². The Kier molecular flexibility index (Phi) is 9.81. The van der Waals surface area contributed by atoms with Crippen molar-refractivity contribution in [3.05, 3.63) is 64.4 Å². The fourth-order valence-electron chi connectivity index (χ4n) is 3.67. The molecular formula is C22H22Cl2F3N5O4S2.